The van der Waals surface area contributed by atoms with Crippen LogP contribution in [-0.2, 0) is 6.42 Å². The molecule has 1 atom stereocenters. The summed E-state index contributed by atoms with van der Waals surface area (Å²) < 4.78 is 6.03. The Morgan fingerprint density at radius 1 is 1.16 bits per heavy atom. The molecule has 1 aromatic carbocycles. The van der Waals surface area contributed by atoms with Crippen molar-refractivity contribution in [1.29, 1.82) is 0 Å². The van der Waals surface area contributed by atoms with Crippen molar-refractivity contribution in [3.05, 3.63) is 48.1 Å². The molecule has 0 saturated carbocycles. The first-order valence-corrected chi connectivity index (χ1v) is 11.2. The van der Waals surface area contributed by atoms with E-state index in [-0.39, 0.29) is 0 Å². The van der Waals surface area contributed by atoms with Crippen LogP contribution in [-0.4, -0.2) is 42.9 Å². The molecule has 5 heterocycles. The van der Waals surface area contributed by atoms with Crippen molar-refractivity contribution in [2.75, 3.05) is 6.54 Å². The largest absolute Gasteiger partial charge is 0.421 e. The van der Waals surface area contributed by atoms with Gasteiger partial charge < -0.3 is 14.7 Å². The molecule has 0 aliphatic carbocycles. The highest BCUT2D eigenvalue weighted by Crippen LogP contribution is 2.39. The van der Waals surface area contributed by atoms with Gasteiger partial charge in [-0.25, -0.2) is 4.98 Å². The SMILES string of the molecule is CC(C)c1c(-c2ccnc3[nH]ncc23)[nH]c2ccc(-c3nnc(CC4CCCN4)o3)cc12. The lowest BCUT2D eigenvalue weighted by Crippen LogP contribution is -2.23. The Kier molecular flexibility index (Phi) is 4.53. The van der Waals surface area contributed by atoms with Crippen LogP contribution in [0.3, 0.4) is 0 Å². The number of nitrogens with zero attached hydrogens (tertiary/aromatic N) is 4. The standard InChI is InChI=1S/C24H25N7O/c1-13(2)21-17-10-14(24-31-29-20(32-24)11-15-4-3-8-25-15)5-6-19(17)28-22(21)16-7-9-26-23-18(16)12-27-30-23/h5-7,9-10,12-13,15,25,28H,3-4,8,11H2,1-2H3,(H,26,27,30). The van der Waals surface area contributed by atoms with Crippen LogP contribution in [0.15, 0.2) is 41.1 Å². The van der Waals surface area contributed by atoms with E-state index in [1.54, 1.807) is 0 Å². The molecule has 0 amide bonds. The van der Waals surface area contributed by atoms with E-state index < -0.39 is 0 Å². The molecule has 0 radical (unpaired) electrons. The smallest absolute Gasteiger partial charge is 0.247 e. The number of aromatic nitrogens is 6. The maximum atomic E-state index is 6.03. The number of fused-ring (bicyclic) bond motifs is 2. The molecule has 0 bridgehead atoms. The Morgan fingerprint density at radius 2 is 2.09 bits per heavy atom. The fourth-order valence-electron chi connectivity index (χ4n) is 4.82. The molecule has 0 spiro atoms. The second-order valence-corrected chi connectivity index (χ2v) is 8.82. The van der Waals surface area contributed by atoms with Gasteiger partial charge in [0.2, 0.25) is 11.8 Å². The van der Waals surface area contributed by atoms with Gasteiger partial charge in [0.1, 0.15) is 0 Å². The maximum absolute atomic E-state index is 6.03. The minimum Gasteiger partial charge on any atom is -0.421 e. The summed E-state index contributed by atoms with van der Waals surface area (Å²) in [6.07, 6.45) is 6.79. The number of nitrogens with one attached hydrogen (secondary N) is 3. The molecule has 32 heavy (non-hydrogen) atoms. The third-order valence-corrected chi connectivity index (χ3v) is 6.34. The van der Waals surface area contributed by atoms with Crippen LogP contribution >= 0.6 is 0 Å². The summed E-state index contributed by atoms with van der Waals surface area (Å²) >= 11 is 0. The van der Waals surface area contributed by atoms with Crippen molar-refractivity contribution in [1.82, 2.24) is 35.7 Å². The number of rotatable bonds is 5. The molecule has 8 nitrogen and oxygen atoms in total. The van der Waals surface area contributed by atoms with Gasteiger partial charge in [0.15, 0.2) is 5.65 Å². The summed E-state index contributed by atoms with van der Waals surface area (Å²) in [5.74, 6) is 1.58. The Balaban J connectivity index is 1.43. The Hall–Kier alpha value is -3.52. The maximum Gasteiger partial charge on any atom is 0.247 e. The fraction of sp³-hybridized carbons (Fsp3) is 0.333. The van der Waals surface area contributed by atoms with Crippen molar-refractivity contribution < 1.29 is 4.42 Å². The Labute approximate surface area is 184 Å². The molecule has 1 fully saturated rings. The van der Waals surface area contributed by atoms with Crippen molar-refractivity contribution in [3.8, 4) is 22.7 Å². The Morgan fingerprint density at radius 3 is 2.94 bits per heavy atom. The average molecular weight is 428 g/mol. The summed E-state index contributed by atoms with van der Waals surface area (Å²) in [5.41, 5.74) is 6.24. The highest BCUT2D eigenvalue weighted by Gasteiger charge is 2.21. The summed E-state index contributed by atoms with van der Waals surface area (Å²) in [6.45, 7) is 5.50. The third-order valence-electron chi connectivity index (χ3n) is 6.34. The zero-order chi connectivity index (χ0) is 21.7. The number of benzene rings is 1. The minimum atomic E-state index is 0.316. The van der Waals surface area contributed by atoms with E-state index in [1.807, 2.05) is 24.5 Å². The van der Waals surface area contributed by atoms with E-state index in [4.69, 9.17) is 4.42 Å². The van der Waals surface area contributed by atoms with Crippen LogP contribution in [0.2, 0.25) is 0 Å². The van der Waals surface area contributed by atoms with Gasteiger partial charge in [-0.2, -0.15) is 5.10 Å². The van der Waals surface area contributed by atoms with Gasteiger partial charge in [0, 0.05) is 46.1 Å². The van der Waals surface area contributed by atoms with Gasteiger partial charge in [-0.3, -0.25) is 5.10 Å². The third kappa shape index (κ3) is 3.18. The van der Waals surface area contributed by atoms with Gasteiger partial charge in [-0.05, 0) is 55.1 Å². The second kappa shape index (κ2) is 7.56. The van der Waals surface area contributed by atoms with Crippen LogP contribution < -0.4 is 5.32 Å². The number of aromatic amines is 2. The second-order valence-electron chi connectivity index (χ2n) is 8.82. The molecule has 1 aliphatic rings. The molecule has 1 unspecified atom stereocenters. The Bertz CT molecular complexity index is 1400. The number of pyridine rings is 1. The summed E-state index contributed by atoms with van der Waals surface area (Å²) in [7, 11) is 0. The van der Waals surface area contributed by atoms with Crippen molar-refractivity contribution >= 4 is 21.9 Å². The normalized spacial score (nSPS) is 16.7. The van der Waals surface area contributed by atoms with E-state index in [1.165, 1.54) is 12.0 Å². The highest BCUT2D eigenvalue weighted by atomic mass is 16.4. The first kappa shape index (κ1) is 19.2. The monoisotopic (exact) mass is 427 g/mol. The summed E-state index contributed by atoms with van der Waals surface area (Å²) in [5, 5.41) is 21.4. The lowest BCUT2D eigenvalue weighted by Gasteiger charge is -2.09. The molecule has 3 N–H and O–H groups in total. The molecule has 6 rings (SSSR count). The zero-order valence-corrected chi connectivity index (χ0v) is 18.1. The number of H-pyrrole nitrogens is 2. The summed E-state index contributed by atoms with van der Waals surface area (Å²) in [4.78, 5) is 8.02. The molecular weight excluding hydrogens is 402 g/mol. The van der Waals surface area contributed by atoms with Crippen LogP contribution in [0, 0.1) is 0 Å². The molecule has 8 heteroatoms. The predicted molar refractivity (Wildman–Crippen MR) is 123 cm³/mol. The lowest BCUT2D eigenvalue weighted by molar-refractivity contribution is 0.464. The predicted octanol–water partition coefficient (Wildman–Crippen LogP) is 4.57. The first-order valence-electron chi connectivity index (χ1n) is 11.2. The van der Waals surface area contributed by atoms with Gasteiger partial charge in [0.25, 0.3) is 0 Å². The van der Waals surface area contributed by atoms with Gasteiger partial charge in [0.05, 0.1) is 11.9 Å². The van der Waals surface area contributed by atoms with Gasteiger partial charge in [-0.1, -0.05) is 13.8 Å². The molecular formula is C24H25N7O. The van der Waals surface area contributed by atoms with Crippen LogP contribution in [0.1, 0.15) is 44.1 Å². The molecule has 5 aromatic rings. The molecule has 1 aliphatic heterocycles. The zero-order valence-electron chi connectivity index (χ0n) is 18.1. The van der Waals surface area contributed by atoms with E-state index in [9.17, 15) is 0 Å². The molecule has 4 aromatic heterocycles. The number of hydrogen-bond donors (Lipinski definition) is 3. The fourth-order valence-corrected chi connectivity index (χ4v) is 4.82. The number of hydrogen-bond acceptors (Lipinski definition) is 6. The quantitative estimate of drug-likeness (QED) is 0.379. The van der Waals surface area contributed by atoms with Crippen LogP contribution in [0.4, 0.5) is 0 Å². The topological polar surface area (TPSA) is 108 Å². The first-order chi connectivity index (χ1) is 15.7. The van der Waals surface area contributed by atoms with Gasteiger partial charge in [-0.15, -0.1) is 10.2 Å². The lowest BCUT2D eigenvalue weighted by atomic mass is 9.95. The highest BCUT2D eigenvalue weighted by molar-refractivity contribution is 5.99. The molecule has 162 valence electrons. The summed E-state index contributed by atoms with van der Waals surface area (Å²) in [6, 6.07) is 8.76. The van der Waals surface area contributed by atoms with Crippen LogP contribution in [0.25, 0.3) is 44.6 Å². The van der Waals surface area contributed by atoms with Crippen LogP contribution in [0.5, 0.6) is 0 Å². The van der Waals surface area contributed by atoms with E-state index in [0.29, 0.717) is 23.7 Å². The van der Waals surface area contributed by atoms with Crippen molar-refractivity contribution in [3.63, 3.8) is 0 Å². The van der Waals surface area contributed by atoms with E-state index >= 15 is 0 Å². The van der Waals surface area contributed by atoms with Crippen molar-refractivity contribution in [2.24, 2.45) is 0 Å². The molecule has 1 saturated heterocycles. The minimum absolute atomic E-state index is 0.316. The van der Waals surface area contributed by atoms with Gasteiger partial charge >= 0.3 is 0 Å². The van der Waals surface area contributed by atoms with E-state index in [0.717, 1.165) is 58.1 Å². The average Bonchev–Trinajstić information content (AvgIpc) is 3.58. The van der Waals surface area contributed by atoms with Crippen molar-refractivity contribution in [2.45, 2.75) is 45.1 Å². The van der Waals surface area contributed by atoms with E-state index in [2.05, 4.69) is 61.7 Å².